The first-order chi connectivity index (χ1) is 10.3. The lowest BCUT2D eigenvalue weighted by Crippen LogP contribution is -2.35. The number of Topliss-reactive ketones (excluding diaryl/α,β-unsaturated/α-hetero) is 1. The van der Waals surface area contributed by atoms with Crippen LogP contribution in [0.25, 0.3) is 0 Å². The van der Waals surface area contributed by atoms with Gasteiger partial charge in [-0.05, 0) is 24.5 Å². The molecule has 1 aliphatic carbocycles. The Bertz CT molecular complexity index is 659. The SMILES string of the molecule is COc1c(F)cc(CC(N)=O)c2c1CCC(OC(N)=O)C2=O. The maximum absolute atomic E-state index is 14.0. The first-order valence-electron chi connectivity index (χ1n) is 6.52. The number of methoxy groups -OCH3 is 1. The van der Waals surface area contributed by atoms with Crippen molar-refractivity contribution in [3.8, 4) is 5.75 Å². The molecule has 1 unspecified atom stereocenters. The fraction of sp³-hybridized carbons (Fsp3) is 0.357. The molecule has 2 amide bonds. The molecule has 1 atom stereocenters. The van der Waals surface area contributed by atoms with Crippen molar-refractivity contribution in [3.63, 3.8) is 0 Å². The van der Waals surface area contributed by atoms with E-state index in [2.05, 4.69) is 0 Å². The number of nitrogens with two attached hydrogens (primary N) is 2. The van der Waals surface area contributed by atoms with Crippen LogP contribution >= 0.6 is 0 Å². The van der Waals surface area contributed by atoms with Crippen molar-refractivity contribution in [2.75, 3.05) is 7.11 Å². The fourth-order valence-corrected chi connectivity index (χ4v) is 2.66. The van der Waals surface area contributed by atoms with Crippen molar-refractivity contribution in [2.24, 2.45) is 11.5 Å². The van der Waals surface area contributed by atoms with Gasteiger partial charge in [0.2, 0.25) is 11.7 Å². The summed E-state index contributed by atoms with van der Waals surface area (Å²) in [4.78, 5) is 34.5. The lowest BCUT2D eigenvalue weighted by atomic mass is 9.83. The lowest BCUT2D eigenvalue weighted by Gasteiger charge is -2.26. The van der Waals surface area contributed by atoms with Gasteiger partial charge < -0.3 is 20.9 Å². The molecule has 7 nitrogen and oxygen atoms in total. The average molecular weight is 310 g/mol. The Kier molecular flexibility index (Phi) is 4.30. The minimum absolute atomic E-state index is 0.0610. The Balaban J connectivity index is 2.56. The summed E-state index contributed by atoms with van der Waals surface area (Å²) >= 11 is 0. The van der Waals surface area contributed by atoms with Crippen LogP contribution in [0.3, 0.4) is 0 Å². The van der Waals surface area contributed by atoms with Crippen LogP contribution in [0.15, 0.2) is 6.07 Å². The Morgan fingerprint density at radius 1 is 1.41 bits per heavy atom. The van der Waals surface area contributed by atoms with Crippen molar-refractivity contribution in [3.05, 3.63) is 28.6 Å². The van der Waals surface area contributed by atoms with Gasteiger partial charge in [-0.25, -0.2) is 9.18 Å². The van der Waals surface area contributed by atoms with E-state index in [1.807, 2.05) is 0 Å². The van der Waals surface area contributed by atoms with Gasteiger partial charge in [-0.2, -0.15) is 0 Å². The summed E-state index contributed by atoms with van der Waals surface area (Å²) < 4.78 is 23.8. The molecule has 118 valence electrons. The summed E-state index contributed by atoms with van der Waals surface area (Å²) in [6.45, 7) is 0. The summed E-state index contributed by atoms with van der Waals surface area (Å²) in [5, 5.41) is 0. The number of hydrogen-bond donors (Lipinski definition) is 2. The third-order valence-corrected chi connectivity index (χ3v) is 3.44. The summed E-state index contributed by atoms with van der Waals surface area (Å²) in [5.41, 5.74) is 10.7. The molecule has 22 heavy (non-hydrogen) atoms. The summed E-state index contributed by atoms with van der Waals surface area (Å²) in [7, 11) is 1.28. The molecule has 0 heterocycles. The number of amides is 2. The van der Waals surface area contributed by atoms with Crippen LogP contribution in [0.4, 0.5) is 9.18 Å². The Labute approximate surface area is 125 Å². The molecule has 0 saturated carbocycles. The third kappa shape index (κ3) is 2.85. The first-order valence-corrected chi connectivity index (χ1v) is 6.52. The van der Waals surface area contributed by atoms with Gasteiger partial charge in [0.1, 0.15) is 0 Å². The molecular weight excluding hydrogens is 295 g/mol. The molecule has 0 spiro atoms. The van der Waals surface area contributed by atoms with Gasteiger partial charge in [-0.1, -0.05) is 0 Å². The van der Waals surface area contributed by atoms with Crippen molar-refractivity contribution in [1.82, 2.24) is 0 Å². The summed E-state index contributed by atoms with van der Waals surface area (Å²) in [6, 6.07) is 1.03. The zero-order chi connectivity index (χ0) is 16.4. The minimum Gasteiger partial charge on any atom is -0.493 e. The highest BCUT2D eigenvalue weighted by molar-refractivity contribution is 6.05. The van der Waals surface area contributed by atoms with E-state index in [9.17, 15) is 18.8 Å². The molecular formula is C14H15FN2O5. The van der Waals surface area contributed by atoms with Gasteiger partial charge in [0.25, 0.3) is 0 Å². The first kappa shape index (κ1) is 15.7. The van der Waals surface area contributed by atoms with Gasteiger partial charge in [-0.3, -0.25) is 9.59 Å². The number of hydrogen-bond acceptors (Lipinski definition) is 5. The van der Waals surface area contributed by atoms with E-state index in [4.69, 9.17) is 20.9 Å². The number of ketones is 1. The van der Waals surface area contributed by atoms with Gasteiger partial charge in [0.15, 0.2) is 17.7 Å². The summed E-state index contributed by atoms with van der Waals surface area (Å²) in [6.07, 6.45) is -2.05. The second-order valence-corrected chi connectivity index (χ2v) is 4.88. The molecule has 0 radical (unpaired) electrons. The number of benzene rings is 1. The Morgan fingerprint density at radius 2 is 2.09 bits per heavy atom. The molecule has 1 aromatic carbocycles. The third-order valence-electron chi connectivity index (χ3n) is 3.44. The smallest absolute Gasteiger partial charge is 0.405 e. The van der Waals surface area contributed by atoms with Crippen molar-refractivity contribution in [2.45, 2.75) is 25.4 Å². The number of carbonyl (C=O) groups is 3. The van der Waals surface area contributed by atoms with Crippen molar-refractivity contribution < 1.29 is 28.2 Å². The maximum Gasteiger partial charge on any atom is 0.405 e. The molecule has 4 N–H and O–H groups in total. The minimum atomic E-state index is -1.08. The monoisotopic (exact) mass is 310 g/mol. The van der Waals surface area contributed by atoms with E-state index >= 15 is 0 Å². The number of rotatable bonds is 4. The molecule has 0 fully saturated rings. The number of primary amides is 2. The van der Waals surface area contributed by atoms with Crippen LogP contribution < -0.4 is 16.2 Å². The van der Waals surface area contributed by atoms with Crippen LogP contribution in [0.2, 0.25) is 0 Å². The second kappa shape index (κ2) is 6.00. The van der Waals surface area contributed by atoms with Crippen molar-refractivity contribution in [1.29, 1.82) is 0 Å². The predicted octanol–water partition coefficient (Wildman–Crippen LogP) is 0.455. The largest absolute Gasteiger partial charge is 0.493 e. The normalized spacial score (nSPS) is 16.8. The Hall–Kier alpha value is -2.64. The number of ether oxygens (including phenoxy) is 2. The standard InChI is InChI=1S/C14H15FN2O5/c1-21-13-7-2-3-9(22-14(17)20)12(19)11(7)6(4-8(13)15)5-10(16)18/h4,9H,2-3,5H2,1H3,(H2,16,18)(H2,17,20). The second-order valence-electron chi connectivity index (χ2n) is 4.88. The molecule has 0 aliphatic heterocycles. The number of halogens is 1. The zero-order valence-electron chi connectivity index (χ0n) is 11.8. The summed E-state index contributed by atoms with van der Waals surface area (Å²) in [5.74, 6) is -2.00. The van der Waals surface area contributed by atoms with E-state index in [1.54, 1.807) is 0 Å². The van der Waals surface area contributed by atoms with Gasteiger partial charge in [0, 0.05) is 11.1 Å². The number of carbonyl (C=O) groups excluding carboxylic acids is 3. The van der Waals surface area contributed by atoms with Crippen LogP contribution in [-0.4, -0.2) is 31.0 Å². The molecule has 0 aromatic heterocycles. The van der Waals surface area contributed by atoms with Crippen molar-refractivity contribution >= 4 is 17.8 Å². The lowest BCUT2D eigenvalue weighted by molar-refractivity contribution is -0.117. The van der Waals surface area contributed by atoms with E-state index in [0.717, 1.165) is 6.07 Å². The van der Waals surface area contributed by atoms with E-state index in [1.165, 1.54) is 7.11 Å². The predicted molar refractivity (Wildman–Crippen MR) is 73.0 cm³/mol. The van der Waals surface area contributed by atoms with Crippen LogP contribution in [0, 0.1) is 5.82 Å². The number of fused-ring (bicyclic) bond motifs is 1. The van der Waals surface area contributed by atoms with Crippen LogP contribution in [0.1, 0.15) is 27.9 Å². The Morgan fingerprint density at radius 3 is 2.64 bits per heavy atom. The molecule has 0 saturated heterocycles. The van der Waals surface area contributed by atoms with Crippen LogP contribution in [-0.2, 0) is 22.4 Å². The average Bonchev–Trinajstić information content (AvgIpc) is 2.40. The molecule has 1 aliphatic rings. The fourth-order valence-electron chi connectivity index (χ4n) is 2.66. The topological polar surface area (TPSA) is 122 Å². The molecule has 8 heteroatoms. The zero-order valence-corrected chi connectivity index (χ0v) is 11.8. The van der Waals surface area contributed by atoms with E-state index in [-0.39, 0.29) is 36.1 Å². The van der Waals surface area contributed by atoms with Gasteiger partial charge in [-0.15, -0.1) is 0 Å². The van der Waals surface area contributed by atoms with Crippen LogP contribution in [0.5, 0.6) is 5.75 Å². The van der Waals surface area contributed by atoms with Gasteiger partial charge >= 0.3 is 6.09 Å². The van der Waals surface area contributed by atoms with E-state index in [0.29, 0.717) is 5.56 Å². The molecule has 2 rings (SSSR count). The highest BCUT2D eigenvalue weighted by atomic mass is 19.1. The molecule has 0 bridgehead atoms. The van der Waals surface area contributed by atoms with Gasteiger partial charge in [0.05, 0.1) is 13.5 Å². The maximum atomic E-state index is 14.0. The van der Waals surface area contributed by atoms with E-state index < -0.39 is 29.7 Å². The molecule has 1 aromatic rings. The highest BCUT2D eigenvalue weighted by Crippen LogP contribution is 2.35. The highest BCUT2D eigenvalue weighted by Gasteiger charge is 2.35. The quantitative estimate of drug-likeness (QED) is 0.836.